The van der Waals surface area contributed by atoms with Gasteiger partial charge in [0, 0.05) is 0 Å². The van der Waals surface area contributed by atoms with Crippen molar-refractivity contribution in [2.24, 2.45) is 0 Å². The molecule has 0 aromatic heterocycles. The maximum absolute atomic E-state index is 11.6. The molecular weight excluding hydrogens is 293 g/mol. The molecule has 13 heteroatoms. The van der Waals surface area contributed by atoms with E-state index in [4.69, 9.17) is 0 Å². The van der Waals surface area contributed by atoms with Crippen molar-refractivity contribution in [2.75, 3.05) is 42.3 Å². The zero-order valence-electron chi connectivity index (χ0n) is 11.5. The first-order valence-corrected chi connectivity index (χ1v) is 4.32. The maximum Gasteiger partial charge on any atom is 0.762 e. The molecule has 0 amide bonds. The van der Waals surface area contributed by atoms with Gasteiger partial charge in [0.15, 0.2) is 0 Å². The second-order valence-electron chi connectivity index (χ2n) is 3.84. The number of quaternary nitrogens is 2. The van der Waals surface area contributed by atoms with Crippen LogP contribution in [-0.4, -0.2) is 62.1 Å². The molecule has 0 unspecified atom stereocenters. The van der Waals surface area contributed by atoms with Gasteiger partial charge in [0.05, 0.1) is 21.1 Å². The lowest BCUT2D eigenvalue weighted by Gasteiger charge is -2.03. The first-order chi connectivity index (χ1) is 7.20. The Hall–Kier alpha value is -0.580. The Bertz CT molecular complexity index is 106. The van der Waals surface area contributed by atoms with Crippen molar-refractivity contribution >= 4 is 15.1 Å². The Morgan fingerprint density at radius 2 is 0.684 bits per heavy atom. The summed E-state index contributed by atoms with van der Waals surface area (Å²) in [7, 11) is 3.29. The number of hydrogen-bond acceptors (Lipinski definition) is 0. The first-order valence-electron chi connectivity index (χ1n) is 4.32. The molecule has 0 atom stereocenters. The molecular formula is C6H19B2F9N2. The van der Waals surface area contributed by atoms with Crippen LogP contribution in [0, 0.1) is 0 Å². The summed E-state index contributed by atoms with van der Waals surface area (Å²) in [6.07, 6.45) is 0. The summed E-state index contributed by atoms with van der Waals surface area (Å²) in [5.74, 6) is 0. The summed E-state index contributed by atoms with van der Waals surface area (Å²) in [6, 6.07) is 0. The molecule has 0 rings (SSSR count). The van der Waals surface area contributed by atoms with Gasteiger partial charge in [-0.15, -0.1) is 4.71 Å². The molecule has 0 aromatic carbocycles. The summed E-state index contributed by atoms with van der Waals surface area (Å²) in [5.41, 5.74) is 0. The van der Waals surface area contributed by atoms with Gasteiger partial charge in [-0.2, -0.15) is 0 Å². The van der Waals surface area contributed by atoms with E-state index in [0.717, 1.165) is 0 Å². The molecule has 0 bridgehead atoms. The maximum atomic E-state index is 11.6. The lowest BCUT2D eigenvalue weighted by molar-refractivity contribution is -1.01. The fourth-order valence-corrected chi connectivity index (χ4v) is 0. The van der Waals surface area contributed by atoms with Crippen LogP contribution in [0.4, 0.5) is 30.4 Å². The van der Waals surface area contributed by atoms with Gasteiger partial charge < -0.3 is 14.3 Å². The van der Waals surface area contributed by atoms with Crippen molar-refractivity contribution in [3.05, 3.63) is 0 Å². The summed E-state index contributed by atoms with van der Waals surface area (Å²) in [6.45, 7) is 0. The first kappa shape index (κ1) is 36.2. The van der Waals surface area contributed by atoms with E-state index in [2.05, 4.69) is 21.1 Å². The third-order valence-electron chi connectivity index (χ3n) is 0. The summed E-state index contributed by atoms with van der Waals surface area (Å²) < 4.78 is 69.1. The number of hydrogen-bond donors (Lipinski definition) is 1. The molecule has 19 heavy (non-hydrogen) atoms. The Labute approximate surface area is 108 Å². The van der Waals surface area contributed by atoms with Crippen LogP contribution in [0.25, 0.3) is 0 Å². The van der Waals surface area contributed by atoms with E-state index < -0.39 is 19.8 Å². The highest BCUT2D eigenvalue weighted by molar-refractivity contribution is 6.33. The zero-order valence-corrected chi connectivity index (χ0v) is 11.5. The molecule has 0 aliphatic carbocycles. The van der Waals surface area contributed by atoms with Crippen molar-refractivity contribution in [3.8, 4) is 0 Å². The van der Waals surface area contributed by atoms with Gasteiger partial charge in [0.25, 0.3) is 0 Å². The van der Waals surface area contributed by atoms with Crippen LogP contribution in [0.2, 0.25) is 0 Å². The van der Waals surface area contributed by atoms with Gasteiger partial charge >= 0.3 is 15.1 Å². The molecule has 0 spiro atoms. The lowest BCUT2D eigenvalue weighted by atomic mass is 10.5. The molecule has 0 saturated heterocycles. The minimum atomic E-state index is -3.67. The average molecular weight is 312 g/mol. The molecule has 0 fully saturated rings. The van der Waals surface area contributed by atoms with E-state index in [9.17, 15) is 30.4 Å². The molecule has 0 aliphatic rings. The van der Waals surface area contributed by atoms with E-state index in [0.29, 0.717) is 0 Å². The molecule has 0 radical (unpaired) electrons. The van der Waals surface area contributed by atoms with E-state index >= 15 is 0 Å². The number of nitrogens with zero attached hydrogens (tertiary/aromatic N) is 1. The van der Waals surface area contributed by atoms with Crippen molar-refractivity contribution in [2.45, 2.75) is 0 Å². The summed E-state index contributed by atoms with van der Waals surface area (Å²) in [5, 5.41) is 0. The van der Waals surface area contributed by atoms with Crippen LogP contribution in [0.15, 0.2) is 0 Å². The Kier molecular flexibility index (Phi) is 43.1. The van der Waals surface area contributed by atoms with Gasteiger partial charge in [-0.3, -0.25) is 25.9 Å². The topological polar surface area (TPSA) is 4.44 Å². The Morgan fingerprint density at radius 3 is 0.684 bits per heavy atom. The standard InChI is InChI=1S/C3H9FN.C3H9N.2BF3.2FH/c1-5(2,3)4;1-4(2)3;2*2-1(3)4;;/h1-3H3;1-3H3;;;2*1H/q+1;;;;;/p-1. The Morgan fingerprint density at radius 1 is 0.684 bits per heavy atom. The van der Waals surface area contributed by atoms with Gasteiger partial charge in [0.2, 0.25) is 0 Å². The number of rotatable bonds is 0. The minimum Gasteiger partial charge on any atom is -1.00 e. The Balaban J connectivity index is -0.0000000288. The van der Waals surface area contributed by atoms with E-state index in [1.165, 1.54) is 26.0 Å². The van der Waals surface area contributed by atoms with E-state index in [-0.39, 0.29) is 9.41 Å². The molecule has 1 N–H and O–H groups in total. The summed E-state index contributed by atoms with van der Waals surface area (Å²) >= 11 is 0. The monoisotopic (exact) mass is 312 g/mol. The van der Waals surface area contributed by atoms with Crippen LogP contribution in [0.3, 0.4) is 0 Å². The summed E-state index contributed by atoms with van der Waals surface area (Å²) in [4.78, 5) is 1.42. The van der Waals surface area contributed by atoms with Crippen LogP contribution < -0.4 is 14.3 Å². The van der Waals surface area contributed by atoms with Crippen molar-refractivity contribution in [3.63, 3.8) is 0 Å². The van der Waals surface area contributed by atoms with Crippen molar-refractivity contribution < 1.29 is 49.4 Å². The minimum absolute atomic E-state index is 0. The second-order valence-corrected chi connectivity index (χ2v) is 3.84. The van der Waals surface area contributed by atoms with Gasteiger partial charge in [0.1, 0.15) is 21.1 Å². The molecule has 0 saturated carbocycles. The highest BCUT2D eigenvalue weighted by Crippen LogP contribution is 1.84. The molecule has 2 nitrogen and oxygen atoms in total. The largest absolute Gasteiger partial charge is 1.00 e. The van der Waals surface area contributed by atoms with Crippen molar-refractivity contribution in [1.82, 2.24) is 0 Å². The van der Waals surface area contributed by atoms with Crippen LogP contribution in [-0.2, 0) is 0 Å². The fraction of sp³-hybridized carbons (Fsp3) is 1.00. The average Bonchev–Trinajstić information content (AvgIpc) is 1.73. The zero-order chi connectivity index (χ0) is 15.2. The van der Waals surface area contributed by atoms with Crippen LogP contribution in [0.1, 0.15) is 0 Å². The van der Waals surface area contributed by atoms with Crippen molar-refractivity contribution in [1.29, 1.82) is 0 Å². The highest BCUT2D eigenvalue weighted by Gasteiger charge is 2.06. The van der Waals surface area contributed by atoms with Crippen LogP contribution >= 0.6 is 0 Å². The van der Waals surface area contributed by atoms with Gasteiger partial charge in [-0.25, -0.2) is 0 Å². The predicted octanol–water partition coefficient (Wildman–Crippen LogP) is -4.89. The van der Waals surface area contributed by atoms with E-state index in [1.54, 1.807) is 0 Å². The van der Waals surface area contributed by atoms with Gasteiger partial charge in [-0.05, 0) is 4.48 Å². The quantitative estimate of drug-likeness (QED) is 0.260. The molecule has 0 aliphatic heterocycles. The second kappa shape index (κ2) is 22.6. The third-order valence-corrected chi connectivity index (χ3v) is 0. The van der Waals surface area contributed by atoms with Gasteiger partial charge in [-0.1, -0.05) is 0 Å². The third kappa shape index (κ3) is 12300. The lowest BCUT2D eigenvalue weighted by Crippen LogP contribution is -3.02. The van der Waals surface area contributed by atoms with E-state index in [1.807, 2.05) is 0 Å². The SMILES string of the molecule is C[N+](C)(C)F.C[NH+](C)C.FB(F)F.FB(F)F.[F-].[F-]. The molecule has 0 heterocycles. The smallest absolute Gasteiger partial charge is 0.762 e. The fourth-order valence-electron chi connectivity index (χ4n) is 0. The molecule has 122 valence electrons. The molecule has 0 aromatic rings. The number of halogens is 9. The highest BCUT2D eigenvalue weighted by atomic mass is 19.4. The number of nitrogens with one attached hydrogen (secondary N) is 1. The van der Waals surface area contributed by atoms with Crippen LogP contribution in [0.5, 0.6) is 0 Å². The normalized spacial score (nSPS) is 7.89. The predicted molar refractivity (Wildman–Crippen MR) is 56.0 cm³/mol.